The van der Waals surface area contributed by atoms with Gasteiger partial charge in [-0.05, 0) is 51.7 Å². The molecule has 1 aliphatic carbocycles. The Hall–Kier alpha value is -1.72. The van der Waals surface area contributed by atoms with Gasteiger partial charge >= 0.3 is 5.97 Å². The van der Waals surface area contributed by atoms with Gasteiger partial charge in [-0.15, -0.1) is 0 Å². The highest BCUT2D eigenvalue weighted by atomic mass is 16.6. The number of carbonyl (C=O) groups excluding carboxylic acids is 1. The summed E-state index contributed by atoms with van der Waals surface area (Å²) in [4.78, 5) is 16.9. The number of rotatable bonds is 4. The van der Waals surface area contributed by atoms with E-state index < -0.39 is 0 Å². The number of allylic oxidation sites excluding steroid dienone is 2. The predicted octanol–water partition coefficient (Wildman–Crippen LogP) is 3.01. The van der Waals surface area contributed by atoms with E-state index in [1.54, 1.807) is 6.20 Å². The monoisotopic (exact) mass is 356 g/mol. The quantitative estimate of drug-likeness (QED) is 0.510. The molecule has 5 nitrogen and oxygen atoms in total. The van der Waals surface area contributed by atoms with Gasteiger partial charge in [0.25, 0.3) is 0 Å². The maximum Gasteiger partial charge on any atom is 0.311 e. The van der Waals surface area contributed by atoms with Crippen molar-refractivity contribution in [1.82, 2.24) is 10.3 Å². The molecule has 0 amide bonds. The van der Waals surface area contributed by atoms with E-state index in [0.717, 1.165) is 31.4 Å². The summed E-state index contributed by atoms with van der Waals surface area (Å²) in [6.07, 6.45) is 8.12. The van der Waals surface area contributed by atoms with Crippen LogP contribution in [0.3, 0.4) is 0 Å². The Bertz CT molecular complexity index is 690. The smallest absolute Gasteiger partial charge is 0.311 e. The van der Waals surface area contributed by atoms with Gasteiger partial charge in [-0.1, -0.05) is 17.7 Å². The molecule has 1 aromatic heterocycles. The first-order chi connectivity index (χ1) is 12.6. The summed E-state index contributed by atoms with van der Waals surface area (Å²) in [5, 5.41) is 3.40. The van der Waals surface area contributed by atoms with E-state index in [4.69, 9.17) is 9.47 Å². The SMILES string of the molecule is C/C1=C/CC[C@@]2(C)OC2C2OC(=O)[C@@H](CNCc3ccccn3)[C@@H]2CC1. The first kappa shape index (κ1) is 17.7. The molecule has 1 aromatic rings. The fraction of sp³-hybridized carbons (Fsp3) is 0.619. The lowest BCUT2D eigenvalue weighted by molar-refractivity contribution is -0.144. The number of ether oxygens (including phenoxy) is 2. The summed E-state index contributed by atoms with van der Waals surface area (Å²) in [5.74, 6) is 0.0312. The second-order valence-electron chi connectivity index (χ2n) is 8.10. The van der Waals surface area contributed by atoms with Crippen molar-refractivity contribution in [2.45, 2.75) is 63.9 Å². The van der Waals surface area contributed by atoms with Crippen LogP contribution in [0.2, 0.25) is 0 Å². The van der Waals surface area contributed by atoms with Gasteiger partial charge in [0.1, 0.15) is 12.2 Å². The standard InChI is InChI=1S/C21H28N2O3/c1-14-6-5-10-21(2)19(26-21)18-16(9-8-14)17(20(24)25-18)13-22-12-15-7-3-4-11-23-15/h3-4,6-7,11,16-19,22H,5,8-10,12-13H2,1-2H3/b14-6-/t16-,17-,18?,19?,21+/m0/s1. The molecule has 26 heavy (non-hydrogen) atoms. The number of fused-ring (bicyclic) bond motifs is 3. The first-order valence-corrected chi connectivity index (χ1v) is 9.71. The van der Waals surface area contributed by atoms with E-state index in [0.29, 0.717) is 13.1 Å². The van der Waals surface area contributed by atoms with Crippen molar-refractivity contribution in [3.05, 3.63) is 41.7 Å². The molecule has 3 aliphatic rings. The zero-order chi connectivity index (χ0) is 18.1. The molecule has 0 spiro atoms. The van der Waals surface area contributed by atoms with Gasteiger partial charge in [-0.25, -0.2) is 0 Å². The van der Waals surface area contributed by atoms with Crippen molar-refractivity contribution in [2.24, 2.45) is 11.8 Å². The number of hydrogen-bond donors (Lipinski definition) is 1. The molecule has 2 fully saturated rings. The van der Waals surface area contributed by atoms with Gasteiger partial charge in [0.05, 0.1) is 17.2 Å². The third kappa shape index (κ3) is 3.55. The summed E-state index contributed by atoms with van der Waals surface area (Å²) in [6, 6.07) is 5.88. The Balaban J connectivity index is 1.44. The van der Waals surface area contributed by atoms with Gasteiger partial charge in [-0.2, -0.15) is 0 Å². The number of nitrogens with zero attached hydrogens (tertiary/aromatic N) is 1. The average Bonchev–Trinajstić information content (AvgIpc) is 3.20. The van der Waals surface area contributed by atoms with Crippen LogP contribution in [0.4, 0.5) is 0 Å². The van der Waals surface area contributed by atoms with Crippen LogP contribution >= 0.6 is 0 Å². The summed E-state index contributed by atoms with van der Waals surface area (Å²) >= 11 is 0. The molecule has 0 aromatic carbocycles. The minimum atomic E-state index is -0.131. The van der Waals surface area contributed by atoms with Crippen LogP contribution in [0.5, 0.6) is 0 Å². The van der Waals surface area contributed by atoms with Crippen molar-refractivity contribution in [1.29, 1.82) is 0 Å². The molecule has 2 saturated heterocycles. The Kier molecular flexibility index (Phi) is 4.84. The van der Waals surface area contributed by atoms with Crippen LogP contribution in [-0.2, 0) is 20.8 Å². The number of esters is 1. The van der Waals surface area contributed by atoms with E-state index in [1.807, 2.05) is 18.2 Å². The van der Waals surface area contributed by atoms with Gasteiger partial charge in [0, 0.05) is 25.2 Å². The minimum Gasteiger partial charge on any atom is -0.459 e. The molecule has 0 bridgehead atoms. The van der Waals surface area contributed by atoms with E-state index in [-0.39, 0.29) is 35.6 Å². The van der Waals surface area contributed by atoms with E-state index >= 15 is 0 Å². The average molecular weight is 356 g/mol. The number of aromatic nitrogens is 1. The van der Waals surface area contributed by atoms with Crippen LogP contribution in [0.1, 0.15) is 45.2 Å². The largest absolute Gasteiger partial charge is 0.459 e. The number of nitrogens with one attached hydrogen (secondary N) is 1. The normalized spacial score (nSPS) is 38.5. The fourth-order valence-electron chi connectivity index (χ4n) is 4.43. The number of hydrogen-bond acceptors (Lipinski definition) is 5. The van der Waals surface area contributed by atoms with Crippen molar-refractivity contribution in [3.8, 4) is 0 Å². The molecule has 140 valence electrons. The molecule has 0 radical (unpaired) electrons. The molecule has 2 unspecified atom stereocenters. The number of epoxide rings is 1. The fourth-order valence-corrected chi connectivity index (χ4v) is 4.43. The predicted molar refractivity (Wildman–Crippen MR) is 98.3 cm³/mol. The summed E-state index contributed by atoms with van der Waals surface area (Å²) in [6.45, 7) is 5.64. The summed E-state index contributed by atoms with van der Waals surface area (Å²) < 4.78 is 11.8. The van der Waals surface area contributed by atoms with Crippen LogP contribution in [0.25, 0.3) is 0 Å². The molecule has 1 N–H and O–H groups in total. The van der Waals surface area contributed by atoms with Crippen LogP contribution in [0, 0.1) is 11.8 Å². The molecule has 5 atom stereocenters. The molecule has 3 heterocycles. The van der Waals surface area contributed by atoms with E-state index in [2.05, 4.69) is 30.2 Å². The minimum absolute atomic E-state index is 0.0593. The van der Waals surface area contributed by atoms with E-state index in [1.165, 1.54) is 5.57 Å². The van der Waals surface area contributed by atoms with Gasteiger partial charge in [0.2, 0.25) is 0 Å². The molecule has 5 heteroatoms. The summed E-state index contributed by atoms with van der Waals surface area (Å²) in [7, 11) is 0. The third-order valence-corrected chi connectivity index (χ3v) is 6.14. The highest BCUT2D eigenvalue weighted by Gasteiger charge is 2.62. The highest BCUT2D eigenvalue weighted by molar-refractivity contribution is 5.75. The molecule has 0 saturated carbocycles. The molecular formula is C21H28N2O3. The van der Waals surface area contributed by atoms with Gasteiger partial charge in [0.15, 0.2) is 0 Å². The lowest BCUT2D eigenvalue weighted by Gasteiger charge is -2.22. The van der Waals surface area contributed by atoms with Crippen molar-refractivity contribution in [3.63, 3.8) is 0 Å². The first-order valence-electron chi connectivity index (χ1n) is 9.71. The Morgan fingerprint density at radius 1 is 1.38 bits per heavy atom. The second-order valence-corrected chi connectivity index (χ2v) is 8.10. The van der Waals surface area contributed by atoms with Gasteiger partial charge in [-0.3, -0.25) is 9.78 Å². The maximum atomic E-state index is 12.6. The number of pyridine rings is 1. The zero-order valence-corrected chi connectivity index (χ0v) is 15.6. The summed E-state index contributed by atoms with van der Waals surface area (Å²) in [5.41, 5.74) is 2.26. The molecule has 4 rings (SSSR count). The maximum absolute atomic E-state index is 12.6. The van der Waals surface area contributed by atoms with Gasteiger partial charge < -0.3 is 14.8 Å². The zero-order valence-electron chi connectivity index (χ0n) is 15.6. The van der Waals surface area contributed by atoms with Crippen molar-refractivity contribution in [2.75, 3.05) is 6.54 Å². The van der Waals surface area contributed by atoms with Crippen LogP contribution in [-0.4, -0.2) is 35.3 Å². The lowest BCUT2D eigenvalue weighted by Crippen LogP contribution is -2.34. The molecular weight excluding hydrogens is 328 g/mol. The molecule has 2 aliphatic heterocycles. The number of carbonyl (C=O) groups is 1. The Labute approximate surface area is 155 Å². The third-order valence-electron chi connectivity index (χ3n) is 6.14. The Morgan fingerprint density at radius 3 is 3.08 bits per heavy atom. The highest BCUT2D eigenvalue weighted by Crippen LogP contribution is 2.50. The van der Waals surface area contributed by atoms with Crippen LogP contribution in [0.15, 0.2) is 36.0 Å². The van der Waals surface area contributed by atoms with E-state index in [9.17, 15) is 4.79 Å². The van der Waals surface area contributed by atoms with Crippen molar-refractivity contribution >= 4 is 5.97 Å². The van der Waals surface area contributed by atoms with Crippen molar-refractivity contribution < 1.29 is 14.3 Å². The lowest BCUT2D eigenvalue weighted by atomic mass is 9.80. The topological polar surface area (TPSA) is 63.8 Å². The second kappa shape index (κ2) is 7.12. The Morgan fingerprint density at radius 2 is 2.27 bits per heavy atom. The van der Waals surface area contributed by atoms with Crippen LogP contribution < -0.4 is 5.32 Å².